The number of amides is 2. The summed E-state index contributed by atoms with van der Waals surface area (Å²) >= 11 is 0. The highest BCUT2D eigenvalue weighted by Gasteiger charge is 2.13. The van der Waals surface area contributed by atoms with E-state index in [0.717, 1.165) is 27.9 Å². The Bertz CT molecular complexity index is 852. The van der Waals surface area contributed by atoms with E-state index in [1.54, 1.807) is 0 Å². The molecule has 0 aliphatic carbocycles. The lowest BCUT2D eigenvalue weighted by molar-refractivity contribution is -0.124. The Morgan fingerprint density at radius 2 is 1.48 bits per heavy atom. The Kier molecular flexibility index (Phi) is 6.88. The third-order valence-corrected chi connectivity index (χ3v) is 4.46. The van der Waals surface area contributed by atoms with Crippen LogP contribution in [0.25, 0.3) is 0 Å². The lowest BCUT2D eigenvalue weighted by Crippen LogP contribution is -2.33. The minimum absolute atomic E-state index is 0.0584. The zero-order valence-electron chi connectivity index (χ0n) is 16.3. The monoisotopic (exact) mass is 366 g/mol. The molecular weight excluding hydrogens is 340 g/mol. The van der Waals surface area contributed by atoms with E-state index in [0.29, 0.717) is 5.56 Å². The topological polar surface area (TPSA) is 75.3 Å². The summed E-state index contributed by atoms with van der Waals surface area (Å²) in [6.07, 6.45) is 0.178. The molecule has 0 atom stereocenters. The van der Waals surface area contributed by atoms with Crippen molar-refractivity contribution >= 4 is 23.3 Å². The molecule has 2 aromatic rings. The average molecular weight is 366 g/mol. The van der Waals surface area contributed by atoms with Gasteiger partial charge >= 0.3 is 0 Å². The molecule has 0 spiro atoms. The first-order valence-electron chi connectivity index (χ1n) is 9.01. The van der Waals surface area contributed by atoms with E-state index in [2.05, 4.69) is 10.6 Å². The van der Waals surface area contributed by atoms with Crippen molar-refractivity contribution in [2.75, 3.05) is 11.9 Å². The molecule has 142 valence electrons. The molecule has 5 nitrogen and oxygen atoms in total. The molecule has 0 unspecified atom stereocenters. The van der Waals surface area contributed by atoms with Gasteiger partial charge in [-0.2, -0.15) is 0 Å². The molecule has 0 saturated heterocycles. The minimum atomic E-state index is -0.315. The van der Waals surface area contributed by atoms with Crippen molar-refractivity contribution in [3.05, 3.63) is 64.2 Å². The first-order chi connectivity index (χ1) is 12.8. The third kappa shape index (κ3) is 5.78. The predicted octanol–water partition coefficient (Wildman–Crippen LogP) is 3.64. The van der Waals surface area contributed by atoms with E-state index >= 15 is 0 Å². The van der Waals surface area contributed by atoms with Crippen molar-refractivity contribution in [3.8, 4) is 0 Å². The number of rotatable bonds is 7. The lowest BCUT2D eigenvalue weighted by atomic mass is 9.99. The van der Waals surface area contributed by atoms with E-state index < -0.39 is 0 Å². The molecule has 0 saturated carbocycles. The Hall–Kier alpha value is -2.95. The number of carbonyl (C=O) groups excluding carboxylic acids is 3. The fraction of sp³-hybridized carbons (Fsp3) is 0.318. The molecule has 0 heterocycles. The number of hydrogen-bond acceptors (Lipinski definition) is 3. The van der Waals surface area contributed by atoms with Gasteiger partial charge in [0.25, 0.3) is 0 Å². The summed E-state index contributed by atoms with van der Waals surface area (Å²) in [5, 5.41) is 5.39. The van der Waals surface area contributed by atoms with E-state index in [-0.39, 0.29) is 37.0 Å². The zero-order chi connectivity index (χ0) is 20.0. The highest BCUT2D eigenvalue weighted by molar-refractivity contribution is 6.00. The van der Waals surface area contributed by atoms with Gasteiger partial charge in [0.05, 0.1) is 6.54 Å². The summed E-state index contributed by atoms with van der Waals surface area (Å²) in [7, 11) is 0. The van der Waals surface area contributed by atoms with E-state index in [9.17, 15) is 14.4 Å². The number of ketones is 1. The number of hydrogen-bond donors (Lipinski definition) is 2. The molecule has 0 aliphatic heterocycles. The van der Waals surface area contributed by atoms with E-state index in [1.165, 1.54) is 0 Å². The van der Waals surface area contributed by atoms with Crippen LogP contribution in [-0.2, 0) is 9.59 Å². The van der Waals surface area contributed by atoms with Gasteiger partial charge in [-0.05, 0) is 50.5 Å². The Balaban J connectivity index is 1.81. The summed E-state index contributed by atoms with van der Waals surface area (Å²) in [5.41, 5.74) is 5.26. The fourth-order valence-electron chi connectivity index (χ4n) is 2.86. The van der Waals surface area contributed by atoms with Crippen LogP contribution in [0, 0.1) is 27.7 Å². The molecule has 2 N–H and O–H groups in total. The first-order valence-corrected chi connectivity index (χ1v) is 9.01. The molecule has 0 aliphatic rings. The SMILES string of the molecule is Cc1ccc(C)c(C(=O)CCC(=O)NCC(=O)Nc2c(C)cccc2C)c1. The van der Waals surface area contributed by atoms with Crippen LogP contribution in [0.2, 0.25) is 0 Å². The van der Waals surface area contributed by atoms with Crippen LogP contribution in [0.5, 0.6) is 0 Å². The summed E-state index contributed by atoms with van der Waals surface area (Å²) in [6.45, 7) is 7.52. The van der Waals surface area contributed by atoms with Crippen molar-refractivity contribution in [1.82, 2.24) is 5.32 Å². The third-order valence-electron chi connectivity index (χ3n) is 4.46. The quantitative estimate of drug-likeness (QED) is 0.735. The van der Waals surface area contributed by atoms with Gasteiger partial charge in [-0.3, -0.25) is 14.4 Å². The van der Waals surface area contributed by atoms with Crippen molar-refractivity contribution in [2.45, 2.75) is 40.5 Å². The summed E-state index contributed by atoms with van der Waals surface area (Å²) in [6, 6.07) is 11.5. The second-order valence-electron chi connectivity index (χ2n) is 6.83. The predicted molar refractivity (Wildman–Crippen MR) is 107 cm³/mol. The summed E-state index contributed by atoms with van der Waals surface area (Å²) < 4.78 is 0. The zero-order valence-corrected chi connectivity index (χ0v) is 16.3. The first kappa shape index (κ1) is 20.4. The number of carbonyl (C=O) groups is 3. The fourth-order valence-corrected chi connectivity index (χ4v) is 2.86. The van der Waals surface area contributed by atoms with Crippen molar-refractivity contribution in [1.29, 1.82) is 0 Å². The number of benzene rings is 2. The second-order valence-corrected chi connectivity index (χ2v) is 6.83. The van der Waals surface area contributed by atoms with Crippen molar-refractivity contribution in [3.63, 3.8) is 0 Å². The second kappa shape index (κ2) is 9.12. The van der Waals surface area contributed by atoms with Crippen LogP contribution < -0.4 is 10.6 Å². The van der Waals surface area contributed by atoms with E-state index in [4.69, 9.17) is 0 Å². The molecule has 0 radical (unpaired) electrons. The van der Waals surface area contributed by atoms with Gasteiger partial charge < -0.3 is 10.6 Å². The van der Waals surface area contributed by atoms with Crippen LogP contribution in [-0.4, -0.2) is 24.1 Å². The van der Waals surface area contributed by atoms with Crippen LogP contribution in [0.3, 0.4) is 0 Å². The van der Waals surface area contributed by atoms with Gasteiger partial charge in [0, 0.05) is 24.1 Å². The maximum atomic E-state index is 12.3. The van der Waals surface area contributed by atoms with Crippen LogP contribution in [0.4, 0.5) is 5.69 Å². The Morgan fingerprint density at radius 3 is 2.15 bits per heavy atom. The Morgan fingerprint density at radius 1 is 0.815 bits per heavy atom. The number of anilines is 1. The largest absolute Gasteiger partial charge is 0.347 e. The molecule has 0 bridgehead atoms. The highest BCUT2D eigenvalue weighted by Crippen LogP contribution is 2.19. The van der Waals surface area contributed by atoms with Gasteiger partial charge in [-0.15, -0.1) is 0 Å². The number of para-hydroxylation sites is 1. The average Bonchev–Trinajstić information content (AvgIpc) is 2.63. The molecule has 2 aromatic carbocycles. The van der Waals surface area contributed by atoms with Gasteiger partial charge in [0.1, 0.15) is 0 Å². The van der Waals surface area contributed by atoms with Crippen molar-refractivity contribution < 1.29 is 14.4 Å². The van der Waals surface area contributed by atoms with Crippen LogP contribution in [0.1, 0.15) is 45.5 Å². The van der Waals surface area contributed by atoms with Crippen molar-refractivity contribution in [2.24, 2.45) is 0 Å². The maximum Gasteiger partial charge on any atom is 0.243 e. The normalized spacial score (nSPS) is 10.4. The molecule has 27 heavy (non-hydrogen) atoms. The van der Waals surface area contributed by atoms with Crippen LogP contribution >= 0.6 is 0 Å². The summed E-state index contributed by atoms with van der Waals surface area (Å²) in [5.74, 6) is -0.668. The maximum absolute atomic E-state index is 12.3. The highest BCUT2D eigenvalue weighted by atomic mass is 16.2. The smallest absolute Gasteiger partial charge is 0.243 e. The molecule has 0 aromatic heterocycles. The Labute approximate surface area is 160 Å². The van der Waals surface area contributed by atoms with Gasteiger partial charge in [-0.25, -0.2) is 0 Å². The van der Waals surface area contributed by atoms with Gasteiger partial charge in [0.2, 0.25) is 11.8 Å². The van der Waals surface area contributed by atoms with Crippen LogP contribution in [0.15, 0.2) is 36.4 Å². The number of Topliss-reactive ketones (excluding diaryl/α,β-unsaturated/α-hetero) is 1. The standard InChI is InChI=1S/C22H26N2O3/c1-14-8-9-15(2)18(12-14)19(25)10-11-20(26)23-13-21(27)24-22-16(3)6-5-7-17(22)4/h5-9,12H,10-11,13H2,1-4H3,(H,23,26)(H,24,27). The summed E-state index contributed by atoms with van der Waals surface area (Å²) in [4.78, 5) is 36.4. The molecule has 0 fully saturated rings. The number of aryl methyl sites for hydroxylation is 4. The van der Waals surface area contributed by atoms with Gasteiger partial charge in [0.15, 0.2) is 5.78 Å². The van der Waals surface area contributed by atoms with E-state index in [1.807, 2.05) is 64.1 Å². The molecule has 2 amide bonds. The molecular formula is C22H26N2O3. The molecule has 5 heteroatoms. The number of nitrogens with one attached hydrogen (secondary N) is 2. The minimum Gasteiger partial charge on any atom is -0.347 e. The lowest BCUT2D eigenvalue weighted by Gasteiger charge is -2.12. The molecule has 2 rings (SSSR count). The van der Waals surface area contributed by atoms with Gasteiger partial charge in [-0.1, -0.05) is 35.9 Å².